The van der Waals surface area contributed by atoms with E-state index in [0.29, 0.717) is 23.7 Å². The minimum absolute atomic E-state index is 0.226. The number of benzene rings is 2. The van der Waals surface area contributed by atoms with Crippen molar-refractivity contribution in [3.8, 4) is 17.2 Å². The third-order valence-corrected chi connectivity index (χ3v) is 3.06. The van der Waals surface area contributed by atoms with Crippen LogP contribution in [0.1, 0.15) is 5.56 Å². The van der Waals surface area contributed by atoms with E-state index in [4.69, 9.17) is 14.2 Å². The van der Waals surface area contributed by atoms with E-state index in [-0.39, 0.29) is 5.75 Å². The fraction of sp³-hybridized carbons (Fsp3) is 0.250. The van der Waals surface area contributed by atoms with Crippen LogP contribution < -0.4 is 19.5 Å². The summed E-state index contributed by atoms with van der Waals surface area (Å²) in [5.41, 5.74) is 1.65. The first-order valence-electron chi connectivity index (χ1n) is 6.45. The van der Waals surface area contributed by atoms with Gasteiger partial charge in [0.1, 0.15) is 11.5 Å². The summed E-state index contributed by atoms with van der Waals surface area (Å²) in [5, 5.41) is 3.15. The molecule has 0 aliphatic rings. The number of ether oxygens (including phenoxy) is 3. The minimum Gasteiger partial charge on any atom is -0.497 e. The average molecular weight is 291 g/mol. The lowest BCUT2D eigenvalue weighted by Crippen LogP contribution is -2.01. The molecule has 5 heteroatoms. The second-order valence-corrected chi connectivity index (χ2v) is 4.42. The molecule has 0 heterocycles. The summed E-state index contributed by atoms with van der Waals surface area (Å²) in [4.78, 5) is 0. The van der Waals surface area contributed by atoms with Gasteiger partial charge >= 0.3 is 0 Å². The molecule has 4 nitrogen and oxygen atoms in total. The SMILES string of the molecule is COc1cc(CNc2ccc(OC)c(F)c2)cc(OC)c1. The van der Waals surface area contributed by atoms with Crippen molar-refractivity contribution >= 4 is 5.69 Å². The quantitative estimate of drug-likeness (QED) is 0.884. The molecule has 0 bridgehead atoms. The zero-order chi connectivity index (χ0) is 15.2. The predicted molar refractivity (Wildman–Crippen MR) is 79.8 cm³/mol. The number of hydrogen-bond donors (Lipinski definition) is 1. The molecule has 0 radical (unpaired) electrons. The van der Waals surface area contributed by atoms with Gasteiger partial charge in [0, 0.05) is 24.4 Å². The number of rotatable bonds is 6. The van der Waals surface area contributed by atoms with Gasteiger partial charge in [-0.2, -0.15) is 0 Å². The zero-order valence-corrected chi connectivity index (χ0v) is 12.3. The van der Waals surface area contributed by atoms with E-state index in [1.165, 1.54) is 13.2 Å². The molecule has 0 fully saturated rings. The molecule has 0 aliphatic carbocycles. The van der Waals surface area contributed by atoms with E-state index in [1.54, 1.807) is 32.4 Å². The van der Waals surface area contributed by atoms with E-state index in [9.17, 15) is 4.39 Å². The van der Waals surface area contributed by atoms with Gasteiger partial charge in [-0.1, -0.05) is 0 Å². The van der Waals surface area contributed by atoms with Gasteiger partial charge < -0.3 is 19.5 Å². The molecule has 21 heavy (non-hydrogen) atoms. The monoisotopic (exact) mass is 291 g/mol. The second-order valence-electron chi connectivity index (χ2n) is 4.42. The van der Waals surface area contributed by atoms with Crippen molar-refractivity contribution in [2.75, 3.05) is 26.6 Å². The number of anilines is 1. The molecular weight excluding hydrogens is 273 g/mol. The molecule has 112 valence electrons. The molecule has 0 saturated heterocycles. The van der Waals surface area contributed by atoms with Crippen molar-refractivity contribution in [2.24, 2.45) is 0 Å². The highest BCUT2D eigenvalue weighted by molar-refractivity contribution is 5.48. The molecule has 0 aromatic heterocycles. The molecule has 1 N–H and O–H groups in total. The van der Waals surface area contributed by atoms with Crippen molar-refractivity contribution in [3.63, 3.8) is 0 Å². The largest absolute Gasteiger partial charge is 0.497 e. The van der Waals surface area contributed by atoms with Crippen molar-refractivity contribution in [3.05, 3.63) is 47.8 Å². The highest BCUT2D eigenvalue weighted by Gasteiger charge is 2.05. The Morgan fingerprint density at radius 2 is 1.57 bits per heavy atom. The first-order chi connectivity index (χ1) is 10.2. The maximum atomic E-state index is 13.6. The van der Waals surface area contributed by atoms with Gasteiger partial charge in [0.2, 0.25) is 0 Å². The number of nitrogens with one attached hydrogen (secondary N) is 1. The fourth-order valence-electron chi connectivity index (χ4n) is 1.95. The lowest BCUT2D eigenvalue weighted by molar-refractivity contribution is 0.386. The topological polar surface area (TPSA) is 39.7 Å². The molecule has 0 atom stereocenters. The Kier molecular flexibility index (Phi) is 4.87. The van der Waals surface area contributed by atoms with Crippen LogP contribution in [0, 0.1) is 5.82 Å². The summed E-state index contributed by atoms with van der Waals surface area (Å²) in [7, 11) is 4.64. The highest BCUT2D eigenvalue weighted by atomic mass is 19.1. The molecule has 0 unspecified atom stereocenters. The Morgan fingerprint density at radius 3 is 2.10 bits per heavy atom. The van der Waals surface area contributed by atoms with Gasteiger partial charge in [0.05, 0.1) is 21.3 Å². The van der Waals surface area contributed by atoms with Gasteiger partial charge in [-0.3, -0.25) is 0 Å². The van der Waals surface area contributed by atoms with Gasteiger partial charge in [-0.05, 0) is 29.8 Å². The summed E-state index contributed by atoms with van der Waals surface area (Å²) in [6.45, 7) is 0.527. The first-order valence-corrected chi connectivity index (χ1v) is 6.45. The van der Waals surface area contributed by atoms with Crippen LogP contribution in [0.15, 0.2) is 36.4 Å². The third-order valence-electron chi connectivity index (χ3n) is 3.06. The zero-order valence-electron chi connectivity index (χ0n) is 12.3. The molecule has 0 aliphatic heterocycles. The van der Waals surface area contributed by atoms with Crippen LogP contribution in [0.4, 0.5) is 10.1 Å². The maximum absolute atomic E-state index is 13.6. The Labute approximate surface area is 123 Å². The Balaban J connectivity index is 2.10. The molecule has 2 aromatic carbocycles. The molecule has 0 spiro atoms. The summed E-state index contributed by atoms with van der Waals surface area (Å²) < 4.78 is 28.9. The second kappa shape index (κ2) is 6.83. The normalized spacial score (nSPS) is 10.1. The van der Waals surface area contributed by atoms with Crippen LogP contribution >= 0.6 is 0 Å². The van der Waals surface area contributed by atoms with Crippen LogP contribution in [-0.4, -0.2) is 21.3 Å². The Bertz CT molecular complexity index is 594. The highest BCUT2D eigenvalue weighted by Crippen LogP contribution is 2.24. The smallest absolute Gasteiger partial charge is 0.167 e. The average Bonchev–Trinajstić information content (AvgIpc) is 2.52. The van der Waals surface area contributed by atoms with Gasteiger partial charge in [-0.25, -0.2) is 4.39 Å². The molecule has 0 saturated carbocycles. The third kappa shape index (κ3) is 3.78. The minimum atomic E-state index is -0.397. The Morgan fingerprint density at radius 1 is 0.905 bits per heavy atom. The van der Waals surface area contributed by atoms with Gasteiger partial charge in [0.25, 0.3) is 0 Å². The summed E-state index contributed by atoms with van der Waals surface area (Å²) >= 11 is 0. The lowest BCUT2D eigenvalue weighted by Gasteiger charge is -2.11. The van der Waals surface area contributed by atoms with E-state index >= 15 is 0 Å². The summed E-state index contributed by atoms with van der Waals surface area (Å²) in [6, 6.07) is 10.3. The maximum Gasteiger partial charge on any atom is 0.167 e. The lowest BCUT2D eigenvalue weighted by atomic mass is 10.2. The van der Waals surface area contributed by atoms with Crippen LogP contribution in [-0.2, 0) is 6.54 Å². The Hall–Kier alpha value is -2.43. The number of methoxy groups -OCH3 is 3. The van der Waals surface area contributed by atoms with E-state index in [1.807, 2.05) is 12.1 Å². The van der Waals surface area contributed by atoms with Crippen molar-refractivity contribution in [1.82, 2.24) is 0 Å². The summed E-state index contributed by atoms with van der Waals surface area (Å²) in [6.07, 6.45) is 0. The number of hydrogen-bond acceptors (Lipinski definition) is 4. The van der Waals surface area contributed by atoms with Crippen LogP contribution in [0.25, 0.3) is 0 Å². The van der Waals surface area contributed by atoms with Crippen molar-refractivity contribution in [1.29, 1.82) is 0 Å². The van der Waals surface area contributed by atoms with Crippen molar-refractivity contribution in [2.45, 2.75) is 6.54 Å². The van der Waals surface area contributed by atoms with E-state index in [2.05, 4.69) is 5.32 Å². The first kappa shape index (κ1) is 15.0. The molecule has 0 amide bonds. The van der Waals surface area contributed by atoms with Crippen LogP contribution in [0.2, 0.25) is 0 Å². The standard InChI is InChI=1S/C16H18FNO3/c1-19-13-6-11(7-14(9-13)20-2)10-18-12-4-5-16(21-3)15(17)8-12/h4-9,18H,10H2,1-3H3. The van der Waals surface area contributed by atoms with E-state index < -0.39 is 5.82 Å². The summed E-state index contributed by atoms with van der Waals surface area (Å²) in [5.74, 6) is 1.26. The molecular formula is C16H18FNO3. The van der Waals surface area contributed by atoms with Gasteiger partial charge in [-0.15, -0.1) is 0 Å². The van der Waals surface area contributed by atoms with Crippen LogP contribution in [0.3, 0.4) is 0 Å². The number of halogens is 1. The molecule has 2 aromatic rings. The molecule has 2 rings (SSSR count). The van der Waals surface area contributed by atoms with Gasteiger partial charge in [0.15, 0.2) is 11.6 Å². The fourth-order valence-corrected chi connectivity index (χ4v) is 1.95. The van der Waals surface area contributed by atoms with E-state index in [0.717, 1.165) is 5.56 Å². The van der Waals surface area contributed by atoms with Crippen molar-refractivity contribution < 1.29 is 18.6 Å². The van der Waals surface area contributed by atoms with Crippen LogP contribution in [0.5, 0.6) is 17.2 Å². The predicted octanol–water partition coefficient (Wildman–Crippen LogP) is 3.46.